The molecule has 0 radical (unpaired) electrons. The molecule has 2 N–H and O–H groups in total. The maximum absolute atomic E-state index is 11.8. The van der Waals surface area contributed by atoms with E-state index in [0.29, 0.717) is 0 Å². The maximum atomic E-state index is 11.8. The van der Waals surface area contributed by atoms with E-state index >= 15 is 0 Å². The lowest BCUT2D eigenvalue weighted by atomic mass is 10.1. The van der Waals surface area contributed by atoms with Crippen molar-refractivity contribution < 1.29 is 15.0 Å². The van der Waals surface area contributed by atoms with Crippen LogP contribution in [0.2, 0.25) is 0 Å². The molecular formula is C10H15NO3. The van der Waals surface area contributed by atoms with Gasteiger partial charge in [-0.05, 0) is 12.8 Å². The average molecular weight is 197 g/mol. The topological polar surface area (TPSA) is 60.8 Å². The van der Waals surface area contributed by atoms with Gasteiger partial charge in [0.2, 0.25) is 5.91 Å². The molecule has 0 aromatic carbocycles. The van der Waals surface area contributed by atoms with E-state index in [-0.39, 0.29) is 24.9 Å². The van der Waals surface area contributed by atoms with Gasteiger partial charge in [-0.15, -0.1) is 0 Å². The Hall–Kier alpha value is -0.870. The van der Waals surface area contributed by atoms with Crippen LogP contribution in [0, 0.1) is 5.92 Å². The van der Waals surface area contributed by atoms with E-state index in [1.807, 2.05) is 12.2 Å². The van der Waals surface area contributed by atoms with Crippen molar-refractivity contribution >= 4 is 5.91 Å². The molecule has 1 aliphatic carbocycles. The van der Waals surface area contributed by atoms with Crippen LogP contribution in [-0.4, -0.2) is 46.3 Å². The van der Waals surface area contributed by atoms with Gasteiger partial charge >= 0.3 is 0 Å². The summed E-state index contributed by atoms with van der Waals surface area (Å²) in [7, 11) is 0. The minimum atomic E-state index is -0.770. The summed E-state index contributed by atoms with van der Waals surface area (Å²) in [4.78, 5) is 13.4. The van der Waals surface area contributed by atoms with Gasteiger partial charge in [0.1, 0.15) is 0 Å². The molecule has 0 saturated carbocycles. The van der Waals surface area contributed by atoms with Crippen LogP contribution in [0.1, 0.15) is 12.8 Å². The lowest BCUT2D eigenvalue weighted by Gasteiger charge is -2.19. The van der Waals surface area contributed by atoms with Crippen molar-refractivity contribution in [2.75, 3.05) is 13.1 Å². The second kappa shape index (κ2) is 3.71. The van der Waals surface area contributed by atoms with E-state index in [4.69, 9.17) is 0 Å². The van der Waals surface area contributed by atoms with Gasteiger partial charge in [-0.1, -0.05) is 12.2 Å². The maximum Gasteiger partial charge on any atom is 0.226 e. The molecule has 0 aromatic rings. The first-order valence-electron chi connectivity index (χ1n) is 4.98. The van der Waals surface area contributed by atoms with Crippen molar-refractivity contribution in [3.05, 3.63) is 12.2 Å². The second-order valence-electron chi connectivity index (χ2n) is 4.02. The van der Waals surface area contributed by atoms with Gasteiger partial charge < -0.3 is 15.1 Å². The summed E-state index contributed by atoms with van der Waals surface area (Å²) in [6.45, 7) is 0.549. The highest BCUT2D eigenvalue weighted by molar-refractivity contribution is 5.80. The highest BCUT2D eigenvalue weighted by Gasteiger charge is 2.35. The number of carbonyl (C=O) groups is 1. The zero-order valence-electron chi connectivity index (χ0n) is 7.97. The summed E-state index contributed by atoms with van der Waals surface area (Å²) >= 11 is 0. The van der Waals surface area contributed by atoms with Crippen LogP contribution in [0.5, 0.6) is 0 Å². The zero-order chi connectivity index (χ0) is 10.1. The van der Waals surface area contributed by atoms with Crippen molar-refractivity contribution in [1.82, 2.24) is 4.90 Å². The molecule has 0 aromatic heterocycles. The first-order valence-corrected chi connectivity index (χ1v) is 4.98. The SMILES string of the molecule is O=C(C1CC=CC1)N1C[C@@H](O)[C@@H](O)C1. The molecule has 1 amide bonds. The number of allylic oxidation sites excluding steroid dienone is 2. The van der Waals surface area contributed by atoms with Gasteiger partial charge in [0, 0.05) is 19.0 Å². The number of aliphatic hydroxyl groups excluding tert-OH is 2. The van der Waals surface area contributed by atoms with Gasteiger partial charge in [0.05, 0.1) is 12.2 Å². The lowest BCUT2D eigenvalue weighted by molar-refractivity contribution is -0.134. The first-order chi connectivity index (χ1) is 6.68. The number of nitrogens with zero attached hydrogens (tertiary/aromatic N) is 1. The Labute approximate surface area is 82.8 Å². The molecule has 1 aliphatic heterocycles. The smallest absolute Gasteiger partial charge is 0.226 e. The van der Waals surface area contributed by atoms with Crippen molar-refractivity contribution in [1.29, 1.82) is 0 Å². The van der Waals surface area contributed by atoms with Crippen LogP contribution >= 0.6 is 0 Å². The van der Waals surface area contributed by atoms with Gasteiger partial charge in [-0.2, -0.15) is 0 Å². The van der Waals surface area contributed by atoms with Crippen LogP contribution in [-0.2, 0) is 4.79 Å². The Morgan fingerprint density at radius 1 is 1.14 bits per heavy atom. The lowest BCUT2D eigenvalue weighted by Crippen LogP contribution is -2.34. The Balaban J connectivity index is 1.93. The fraction of sp³-hybridized carbons (Fsp3) is 0.700. The molecule has 2 atom stereocenters. The van der Waals surface area contributed by atoms with Crippen LogP contribution in [0.3, 0.4) is 0 Å². The van der Waals surface area contributed by atoms with E-state index in [2.05, 4.69) is 0 Å². The van der Waals surface area contributed by atoms with Crippen molar-refractivity contribution in [2.45, 2.75) is 25.0 Å². The van der Waals surface area contributed by atoms with E-state index in [1.54, 1.807) is 4.90 Å². The molecule has 1 saturated heterocycles. The molecule has 0 bridgehead atoms. The molecule has 78 valence electrons. The number of aliphatic hydroxyl groups is 2. The highest BCUT2D eigenvalue weighted by atomic mass is 16.3. The summed E-state index contributed by atoms with van der Waals surface area (Å²) in [5.74, 6) is 0.0955. The molecule has 4 heteroatoms. The van der Waals surface area contributed by atoms with Crippen LogP contribution < -0.4 is 0 Å². The average Bonchev–Trinajstić information content (AvgIpc) is 2.76. The predicted molar refractivity (Wildman–Crippen MR) is 50.5 cm³/mol. The highest BCUT2D eigenvalue weighted by Crippen LogP contribution is 2.22. The number of rotatable bonds is 1. The van der Waals surface area contributed by atoms with Crippen LogP contribution in [0.25, 0.3) is 0 Å². The molecule has 14 heavy (non-hydrogen) atoms. The molecule has 4 nitrogen and oxygen atoms in total. The third kappa shape index (κ3) is 1.67. The standard InChI is InChI=1S/C10H15NO3/c12-8-5-11(6-9(8)13)10(14)7-3-1-2-4-7/h1-2,7-9,12-13H,3-6H2/t8-,9+. The van der Waals surface area contributed by atoms with Gasteiger partial charge in [-0.25, -0.2) is 0 Å². The first kappa shape index (κ1) is 9.68. The molecular weight excluding hydrogens is 182 g/mol. The van der Waals surface area contributed by atoms with Crippen molar-refractivity contribution in [3.8, 4) is 0 Å². The van der Waals surface area contributed by atoms with E-state index in [9.17, 15) is 15.0 Å². The quantitative estimate of drug-likeness (QED) is 0.558. The minimum Gasteiger partial charge on any atom is -0.388 e. The summed E-state index contributed by atoms with van der Waals surface area (Å²) in [6.07, 6.45) is 4.06. The monoisotopic (exact) mass is 197 g/mol. The normalized spacial score (nSPS) is 32.9. The molecule has 2 aliphatic rings. The third-order valence-corrected chi connectivity index (χ3v) is 2.93. The van der Waals surface area contributed by atoms with Crippen molar-refractivity contribution in [2.24, 2.45) is 5.92 Å². The second-order valence-corrected chi connectivity index (χ2v) is 4.02. The Bertz CT molecular complexity index is 246. The summed E-state index contributed by atoms with van der Waals surface area (Å²) in [6, 6.07) is 0. The summed E-state index contributed by atoms with van der Waals surface area (Å²) in [5.41, 5.74) is 0. The molecule has 1 fully saturated rings. The number of hydrogen-bond donors (Lipinski definition) is 2. The Kier molecular flexibility index (Phi) is 2.56. The fourth-order valence-electron chi connectivity index (χ4n) is 2.03. The molecule has 1 heterocycles. The number of amides is 1. The molecule has 0 unspecified atom stereocenters. The van der Waals surface area contributed by atoms with Crippen LogP contribution in [0.15, 0.2) is 12.2 Å². The van der Waals surface area contributed by atoms with Gasteiger partial charge in [0.25, 0.3) is 0 Å². The van der Waals surface area contributed by atoms with Crippen molar-refractivity contribution in [3.63, 3.8) is 0 Å². The summed E-state index contributed by atoms with van der Waals surface area (Å²) < 4.78 is 0. The molecule has 2 rings (SSSR count). The van der Waals surface area contributed by atoms with Gasteiger partial charge in [-0.3, -0.25) is 4.79 Å². The third-order valence-electron chi connectivity index (χ3n) is 2.93. The minimum absolute atomic E-state index is 0.0347. The Morgan fingerprint density at radius 2 is 1.64 bits per heavy atom. The molecule has 0 spiro atoms. The largest absolute Gasteiger partial charge is 0.388 e. The number of β-amino-alcohol motifs (C(OH)–C–C–N with tert-alkyl or cyclic N) is 2. The number of hydrogen-bond acceptors (Lipinski definition) is 3. The zero-order valence-corrected chi connectivity index (χ0v) is 7.97. The van der Waals surface area contributed by atoms with Gasteiger partial charge in [0.15, 0.2) is 0 Å². The van der Waals surface area contributed by atoms with E-state index in [0.717, 1.165) is 12.8 Å². The fourth-order valence-corrected chi connectivity index (χ4v) is 2.03. The van der Waals surface area contributed by atoms with Crippen LogP contribution in [0.4, 0.5) is 0 Å². The predicted octanol–water partition coefficient (Wildman–Crippen LogP) is -0.483. The number of likely N-dealkylation sites (tertiary alicyclic amines) is 1. The van der Waals surface area contributed by atoms with E-state index < -0.39 is 12.2 Å². The van der Waals surface area contributed by atoms with E-state index in [1.165, 1.54) is 0 Å². The number of carbonyl (C=O) groups excluding carboxylic acids is 1. The summed E-state index contributed by atoms with van der Waals surface area (Å²) in [5, 5.41) is 18.6. The Morgan fingerprint density at radius 3 is 2.14 bits per heavy atom.